The number of fused-ring (bicyclic) bond motifs is 1. The first kappa shape index (κ1) is 12.1. The van der Waals surface area contributed by atoms with Gasteiger partial charge in [0.25, 0.3) is 0 Å². The number of rotatable bonds is 1. The fraction of sp³-hybridized carbons (Fsp3) is 0.125. The number of hydrogen-bond donors (Lipinski definition) is 2. The Morgan fingerprint density at radius 1 is 1.38 bits per heavy atom. The highest BCUT2D eigenvalue weighted by Gasteiger charge is 1.94. The van der Waals surface area contributed by atoms with Gasteiger partial charge in [-0.05, 0) is 12.1 Å². The maximum atomic E-state index is 4.16. The minimum absolute atomic E-state index is 0. The van der Waals surface area contributed by atoms with Crippen molar-refractivity contribution in [3.8, 4) is 0 Å². The molecule has 0 saturated carbocycles. The Balaban J connectivity index is 0.000000720. The predicted molar refractivity (Wildman–Crippen MR) is 60.1 cm³/mol. The van der Waals surface area contributed by atoms with Crippen LogP contribution in [0.1, 0.15) is 0 Å². The molecule has 0 unspecified atom stereocenters. The molecule has 0 aliphatic carbocycles. The smallest absolute Gasteiger partial charge is 0.126 e. The van der Waals surface area contributed by atoms with Crippen molar-refractivity contribution in [2.75, 3.05) is 12.4 Å². The summed E-state index contributed by atoms with van der Waals surface area (Å²) in [5, 5.41) is 4.17. The standard InChI is InChI=1S/C8H9N3.2ClH/c1-9-8-4-6-2-3-10-7(6)5-11-8;;/h2-5,10H,1H3,(H,9,11);2*1H. The highest BCUT2D eigenvalue weighted by atomic mass is 35.5. The van der Waals surface area contributed by atoms with Gasteiger partial charge in [0, 0.05) is 18.6 Å². The van der Waals surface area contributed by atoms with Gasteiger partial charge in [-0.15, -0.1) is 24.8 Å². The fourth-order valence-electron chi connectivity index (χ4n) is 1.09. The quantitative estimate of drug-likeness (QED) is 0.774. The molecule has 2 aromatic rings. The summed E-state index contributed by atoms with van der Waals surface area (Å²) in [4.78, 5) is 7.24. The van der Waals surface area contributed by atoms with Crippen molar-refractivity contribution < 1.29 is 0 Å². The summed E-state index contributed by atoms with van der Waals surface area (Å²) in [6.07, 6.45) is 3.73. The number of halogens is 2. The number of nitrogens with zero attached hydrogens (tertiary/aromatic N) is 1. The van der Waals surface area contributed by atoms with E-state index in [9.17, 15) is 0 Å². The third-order valence-electron chi connectivity index (χ3n) is 1.69. The molecule has 0 fully saturated rings. The Kier molecular flexibility index (Phi) is 4.59. The molecule has 5 heteroatoms. The number of H-pyrrole nitrogens is 1. The maximum absolute atomic E-state index is 4.16. The lowest BCUT2D eigenvalue weighted by Gasteiger charge is -1.96. The van der Waals surface area contributed by atoms with Crippen LogP contribution in [0, 0.1) is 0 Å². The molecule has 3 nitrogen and oxygen atoms in total. The number of anilines is 1. The zero-order chi connectivity index (χ0) is 7.68. The van der Waals surface area contributed by atoms with Crippen LogP contribution in [-0.2, 0) is 0 Å². The first-order chi connectivity index (χ1) is 5.40. The maximum Gasteiger partial charge on any atom is 0.126 e. The second kappa shape index (κ2) is 4.94. The molecule has 2 rings (SSSR count). The van der Waals surface area contributed by atoms with Crippen molar-refractivity contribution in [1.82, 2.24) is 9.97 Å². The average Bonchev–Trinajstić information content (AvgIpc) is 2.50. The van der Waals surface area contributed by atoms with E-state index < -0.39 is 0 Å². The second-order valence-corrected chi connectivity index (χ2v) is 2.38. The lowest BCUT2D eigenvalue weighted by Crippen LogP contribution is -1.90. The van der Waals surface area contributed by atoms with E-state index in [1.807, 2.05) is 31.6 Å². The third kappa shape index (κ3) is 2.26. The van der Waals surface area contributed by atoms with Gasteiger partial charge >= 0.3 is 0 Å². The Morgan fingerprint density at radius 3 is 2.85 bits per heavy atom. The molecule has 0 amide bonds. The summed E-state index contributed by atoms with van der Waals surface area (Å²) >= 11 is 0. The fourth-order valence-corrected chi connectivity index (χ4v) is 1.09. The van der Waals surface area contributed by atoms with E-state index in [1.54, 1.807) is 0 Å². The number of hydrogen-bond acceptors (Lipinski definition) is 2. The first-order valence-corrected chi connectivity index (χ1v) is 3.51. The van der Waals surface area contributed by atoms with E-state index in [4.69, 9.17) is 0 Å². The Labute approximate surface area is 88.8 Å². The summed E-state index contributed by atoms with van der Waals surface area (Å²) in [6.45, 7) is 0. The van der Waals surface area contributed by atoms with E-state index in [1.165, 1.54) is 5.39 Å². The van der Waals surface area contributed by atoms with Crippen LogP contribution in [0.25, 0.3) is 10.9 Å². The van der Waals surface area contributed by atoms with Gasteiger partial charge < -0.3 is 10.3 Å². The van der Waals surface area contributed by atoms with E-state index in [0.717, 1.165) is 11.3 Å². The van der Waals surface area contributed by atoms with E-state index in [0.29, 0.717) is 0 Å². The molecule has 0 aliphatic rings. The molecule has 0 aliphatic heterocycles. The topological polar surface area (TPSA) is 40.7 Å². The van der Waals surface area contributed by atoms with Gasteiger partial charge in [-0.2, -0.15) is 0 Å². The van der Waals surface area contributed by atoms with Gasteiger partial charge in [-0.3, -0.25) is 0 Å². The van der Waals surface area contributed by atoms with Crippen molar-refractivity contribution >= 4 is 41.5 Å². The molecule has 0 radical (unpaired) electrons. The Morgan fingerprint density at radius 2 is 2.15 bits per heavy atom. The van der Waals surface area contributed by atoms with Crippen LogP contribution < -0.4 is 5.32 Å². The highest BCUT2D eigenvalue weighted by molar-refractivity contribution is 5.85. The SMILES string of the molecule is CNc1cc2cc[nH]c2cn1.Cl.Cl. The Hall–Kier alpha value is -0.930. The number of nitrogens with one attached hydrogen (secondary N) is 2. The van der Waals surface area contributed by atoms with E-state index >= 15 is 0 Å². The number of aromatic amines is 1. The molecule has 13 heavy (non-hydrogen) atoms. The van der Waals surface area contributed by atoms with Crippen LogP contribution in [-0.4, -0.2) is 17.0 Å². The van der Waals surface area contributed by atoms with Crippen molar-refractivity contribution in [3.63, 3.8) is 0 Å². The minimum Gasteiger partial charge on any atom is -0.373 e. The van der Waals surface area contributed by atoms with Crippen molar-refractivity contribution in [3.05, 3.63) is 24.5 Å². The van der Waals surface area contributed by atoms with Gasteiger partial charge in [-0.25, -0.2) is 4.98 Å². The summed E-state index contributed by atoms with van der Waals surface area (Å²) < 4.78 is 0. The van der Waals surface area contributed by atoms with Crippen LogP contribution in [0.2, 0.25) is 0 Å². The molecule has 2 heterocycles. The largest absolute Gasteiger partial charge is 0.373 e. The van der Waals surface area contributed by atoms with E-state index in [2.05, 4.69) is 15.3 Å². The number of pyridine rings is 1. The minimum atomic E-state index is 0. The molecule has 0 atom stereocenters. The monoisotopic (exact) mass is 219 g/mol. The molecule has 72 valence electrons. The predicted octanol–water partition coefficient (Wildman–Crippen LogP) is 2.45. The van der Waals surface area contributed by atoms with E-state index in [-0.39, 0.29) is 24.8 Å². The summed E-state index contributed by atoms with van der Waals surface area (Å²) in [7, 11) is 1.86. The van der Waals surface area contributed by atoms with Crippen LogP contribution in [0.4, 0.5) is 5.82 Å². The first-order valence-electron chi connectivity index (χ1n) is 3.51. The lowest BCUT2D eigenvalue weighted by atomic mass is 10.3. The Bertz CT molecular complexity index is 372. The second-order valence-electron chi connectivity index (χ2n) is 2.38. The molecule has 0 bridgehead atoms. The normalized spacial score (nSPS) is 8.69. The zero-order valence-electron chi connectivity index (χ0n) is 7.07. The molecule has 0 aromatic carbocycles. The molecular formula is C8H11Cl2N3. The molecule has 2 N–H and O–H groups in total. The summed E-state index contributed by atoms with van der Waals surface area (Å²) in [6, 6.07) is 4.03. The molecule has 0 saturated heterocycles. The van der Waals surface area contributed by atoms with Gasteiger partial charge in [0.2, 0.25) is 0 Å². The lowest BCUT2D eigenvalue weighted by molar-refractivity contribution is 1.30. The molecule has 0 spiro atoms. The van der Waals surface area contributed by atoms with Crippen molar-refractivity contribution in [2.45, 2.75) is 0 Å². The van der Waals surface area contributed by atoms with Gasteiger partial charge in [-0.1, -0.05) is 0 Å². The van der Waals surface area contributed by atoms with Crippen LogP contribution in [0.5, 0.6) is 0 Å². The van der Waals surface area contributed by atoms with Crippen molar-refractivity contribution in [2.24, 2.45) is 0 Å². The van der Waals surface area contributed by atoms with Crippen molar-refractivity contribution in [1.29, 1.82) is 0 Å². The summed E-state index contributed by atoms with van der Waals surface area (Å²) in [5.41, 5.74) is 1.07. The van der Waals surface area contributed by atoms with Gasteiger partial charge in [0.15, 0.2) is 0 Å². The highest BCUT2D eigenvalue weighted by Crippen LogP contribution is 2.13. The summed E-state index contributed by atoms with van der Waals surface area (Å²) in [5.74, 6) is 0.900. The third-order valence-corrected chi connectivity index (χ3v) is 1.69. The van der Waals surface area contributed by atoms with Crippen LogP contribution >= 0.6 is 24.8 Å². The molecule has 2 aromatic heterocycles. The average molecular weight is 220 g/mol. The number of aromatic nitrogens is 2. The molecular weight excluding hydrogens is 209 g/mol. The van der Waals surface area contributed by atoms with Gasteiger partial charge in [0.1, 0.15) is 5.82 Å². The van der Waals surface area contributed by atoms with Gasteiger partial charge in [0.05, 0.1) is 11.7 Å². The van der Waals surface area contributed by atoms with Crippen LogP contribution in [0.3, 0.4) is 0 Å². The van der Waals surface area contributed by atoms with Crippen LogP contribution in [0.15, 0.2) is 24.5 Å². The zero-order valence-corrected chi connectivity index (χ0v) is 8.71.